The molecule has 3 rings (SSSR count). The fraction of sp³-hybridized carbons (Fsp3) is 0.182. The topological polar surface area (TPSA) is 42.0 Å². The second-order valence-corrected chi connectivity index (χ2v) is 7.79. The van der Waals surface area contributed by atoms with E-state index in [1.807, 2.05) is 80.6 Å². The molecule has 26 heavy (non-hydrogen) atoms. The van der Waals surface area contributed by atoms with Gasteiger partial charge in [-0.1, -0.05) is 72.3 Å². The Kier molecular flexibility index (Phi) is 5.52. The van der Waals surface area contributed by atoms with Crippen LogP contribution in [0.15, 0.2) is 71.3 Å². The second kappa shape index (κ2) is 7.83. The monoisotopic (exact) mass is 408 g/mol. The predicted octanol–water partition coefficient (Wildman–Crippen LogP) is 6.07. The maximum atomic E-state index is 12.8. The van der Waals surface area contributed by atoms with Gasteiger partial charge in [-0.05, 0) is 36.2 Å². The molecule has 1 amide bonds. The van der Waals surface area contributed by atoms with Gasteiger partial charge in [0.15, 0.2) is 0 Å². The number of rotatable bonds is 5. The van der Waals surface area contributed by atoms with Crippen molar-refractivity contribution < 1.29 is 4.79 Å². The molecule has 0 fully saturated rings. The number of hydrogen-bond donors (Lipinski definition) is 1. The normalized spacial score (nSPS) is 11.8. The van der Waals surface area contributed by atoms with Crippen LogP contribution in [0.3, 0.4) is 0 Å². The van der Waals surface area contributed by atoms with E-state index < -0.39 is 5.41 Å². The maximum absolute atomic E-state index is 12.8. The summed E-state index contributed by atoms with van der Waals surface area (Å²) in [7, 11) is 0. The number of fused-ring (bicyclic) bond motifs is 1. The van der Waals surface area contributed by atoms with Crippen molar-refractivity contribution in [1.29, 1.82) is 0 Å². The standard InChI is InChI=1S/C22H21BrN2O/c1-22(2,14-4-6-16-10-12-18(23)13-11-16)21(26)25-19-9-3-7-17-8-5-15-24-20(17)19/h3-13,15H,14H2,1-2H3,(H,25,26)/b6-4+. The highest BCUT2D eigenvalue weighted by Gasteiger charge is 2.26. The summed E-state index contributed by atoms with van der Waals surface area (Å²) >= 11 is 3.43. The Morgan fingerprint density at radius 2 is 1.85 bits per heavy atom. The number of nitrogens with one attached hydrogen (secondary N) is 1. The smallest absolute Gasteiger partial charge is 0.230 e. The highest BCUT2D eigenvalue weighted by Crippen LogP contribution is 2.27. The van der Waals surface area contributed by atoms with Crippen LogP contribution < -0.4 is 5.32 Å². The number of carbonyl (C=O) groups excluding carboxylic acids is 1. The number of halogens is 1. The Morgan fingerprint density at radius 3 is 2.62 bits per heavy atom. The second-order valence-electron chi connectivity index (χ2n) is 6.88. The summed E-state index contributed by atoms with van der Waals surface area (Å²) in [5, 5.41) is 4.05. The maximum Gasteiger partial charge on any atom is 0.230 e. The molecule has 3 aromatic rings. The van der Waals surface area contributed by atoms with Gasteiger partial charge in [0.25, 0.3) is 0 Å². The molecule has 0 saturated carbocycles. The Morgan fingerprint density at radius 1 is 1.12 bits per heavy atom. The van der Waals surface area contributed by atoms with Crippen LogP contribution in [0.4, 0.5) is 5.69 Å². The van der Waals surface area contributed by atoms with Gasteiger partial charge in [0.05, 0.1) is 11.2 Å². The zero-order valence-electron chi connectivity index (χ0n) is 14.9. The molecule has 1 heterocycles. The van der Waals surface area contributed by atoms with Gasteiger partial charge >= 0.3 is 0 Å². The lowest BCUT2D eigenvalue weighted by Gasteiger charge is -2.22. The molecule has 0 aliphatic rings. The van der Waals surface area contributed by atoms with Gasteiger partial charge in [-0.3, -0.25) is 9.78 Å². The van der Waals surface area contributed by atoms with Crippen molar-refractivity contribution in [3.63, 3.8) is 0 Å². The number of para-hydroxylation sites is 1. The number of aromatic nitrogens is 1. The van der Waals surface area contributed by atoms with Crippen LogP contribution in [0.1, 0.15) is 25.8 Å². The minimum Gasteiger partial charge on any atom is -0.324 e. The molecule has 0 bridgehead atoms. The van der Waals surface area contributed by atoms with Crippen LogP contribution >= 0.6 is 15.9 Å². The predicted molar refractivity (Wildman–Crippen MR) is 112 cm³/mol. The summed E-state index contributed by atoms with van der Waals surface area (Å²) in [6.45, 7) is 3.90. The third-order valence-electron chi connectivity index (χ3n) is 4.30. The third-order valence-corrected chi connectivity index (χ3v) is 4.83. The fourth-order valence-electron chi connectivity index (χ4n) is 2.65. The van der Waals surface area contributed by atoms with E-state index in [2.05, 4.69) is 26.2 Å². The zero-order chi connectivity index (χ0) is 18.6. The molecular weight excluding hydrogens is 388 g/mol. The lowest BCUT2D eigenvalue weighted by molar-refractivity contribution is -0.123. The molecular formula is C22H21BrN2O. The Bertz CT molecular complexity index is 941. The van der Waals surface area contributed by atoms with Gasteiger partial charge in [-0.15, -0.1) is 0 Å². The van der Waals surface area contributed by atoms with Crippen LogP contribution in [0.2, 0.25) is 0 Å². The summed E-state index contributed by atoms with van der Waals surface area (Å²) in [6.07, 6.45) is 6.47. The van der Waals surface area contributed by atoms with E-state index >= 15 is 0 Å². The summed E-state index contributed by atoms with van der Waals surface area (Å²) in [4.78, 5) is 17.2. The van der Waals surface area contributed by atoms with E-state index in [1.165, 1.54) is 0 Å². The first-order valence-electron chi connectivity index (χ1n) is 8.53. The number of amides is 1. The van der Waals surface area contributed by atoms with E-state index in [0.29, 0.717) is 6.42 Å². The number of nitrogens with zero attached hydrogens (tertiary/aromatic N) is 1. The molecule has 0 radical (unpaired) electrons. The summed E-state index contributed by atoms with van der Waals surface area (Å²) < 4.78 is 1.05. The molecule has 132 valence electrons. The Balaban J connectivity index is 1.70. The SMILES string of the molecule is CC(C)(C/C=C/c1ccc(Br)cc1)C(=O)Nc1cccc2cccnc12. The van der Waals surface area contributed by atoms with E-state index in [-0.39, 0.29) is 5.91 Å². The summed E-state index contributed by atoms with van der Waals surface area (Å²) in [6, 6.07) is 17.8. The first kappa shape index (κ1) is 18.3. The number of anilines is 1. The lowest BCUT2D eigenvalue weighted by atomic mass is 9.87. The molecule has 2 aromatic carbocycles. The number of pyridine rings is 1. The summed E-state index contributed by atoms with van der Waals surface area (Å²) in [5.74, 6) is -0.0175. The quantitative estimate of drug-likeness (QED) is 0.556. The highest BCUT2D eigenvalue weighted by molar-refractivity contribution is 9.10. The van der Waals surface area contributed by atoms with Gasteiger partial charge in [-0.2, -0.15) is 0 Å². The van der Waals surface area contributed by atoms with Crippen LogP contribution in [-0.2, 0) is 4.79 Å². The van der Waals surface area contributed by atoms with Gasteiger partial charge in [-0.25, -0.2) is 0 Å². The lowest BCUT2D eigenvalue weighted by Crippen LogP contribution is -2.30. The zero-order valence-corrected chi connectivity index (χ0v) is 16.5. The van der Waals surface area contributed by atoms with Crippen molar-refractivity contribution in [3.8, 4) is 0 Å². The Labute approximate surface area is 162 Å². The van der Waals surface area contributed by atoms with Crippen molar-refractivity contribution in [1.82, 2.24) is 4.98 Å². The van der Waals surface area contributed by atoms with E-state index in [0.717, 1.165) is 26.6 Å². The van der Waals surface area contributed by atoms with Crippen molar-refractivity contribution in [2.24, 2.45) is 5.41 Å². The molecule has 4 heteroatoms. The highest BCUT2D eigenvalue weighted by atomic mass is 79.9. The van der Waals surface area contributed by atoms with Crippen LogP contribution in [-0.4, -0.2) is 10.9 Å². The van der Waals surface area contributed by atoms with Gasteiger partial charge in [0, 0.05) is 21.5 Å². The molecule has 0 spiro atoms. The fourth-order valence-corrected chi connectivity index (χ4v) is 2.92. The largest absolute Gasteiger partial charge is 0.324 e. The molecule has 1 aromatic heterocycles. The van der Waals surface area contributed by atoms with Crippen LogP contribution in [0.5, 0.6) is 0 Å². The molecule has 3 nitrogen and oxygen atoms in total. The average molecular weight is 409 g/mol. The molecule has 0 atom stereocenters. The molecule has 0 saturated heterocycles. The third kappa shape index (κ3) is 4.38. The number of hydrogen-bond acceptors (Lipinski definition) is 2. The first-order chi connectivity index (χ1) is 12.5. The number of benzene rings is 2. The molecule has 1 N–H and O–H groups in total. The van der Waals surface area contributed by atoms with E-state index in [4.69, 9.17) is 0 Å². The average Bonchev–Trinajstić information content (AvgIpc) is 2.63. The molecule has 0 aliphatic carbocycles. The van der Waals surface area contributed by atoms with E-state index in [9.17, 15) is 4.79 Å². The van der Waals surface area contributed by atoms with Crippen molar-refractivity contribution in [2.45, 2.75) is 20.3 Å². The van der Waals surface area contributed by atoms with Crippen molar-refractivity contribution in [2.75, 3.05) is 5.32 Å². The van der Waals surface area contributed by atoms with Gasteiger partial charge in [0.1, 0.15) is 0 Å². The van der Waals surface area contributed by atoms with Crippen molar-refractivity contribution >= 4 is 44.5 Å². The van der Waals surface area contributed by atoms with E-state index in [1.54, 1.807) is 6.20 Å². The van der Waals surface area contributed by atoms with Gasteiger partial charge < -0.3 is 5.32 Å². The van der Waals surface area contributed by atoms with Crippen molar-refractivity contribution in [3.05, 3.63) is 76.9 Å². The molecule has 0 aliphatic heterocycles. The molecule has 0 unspecified atom stereocenters. The minimum atomic E-state index is -0.525. The van der Waals surface area contributed by atoms with Crippen LogP contribution in [0.25, 0.3) is 17.0 Å². The first-order valence-corrected chi connectivity index (χ1v) is 9.32. The summed E-state index contributed by atoms with van der Waals surface area (Å²) in [5.41, 5.74) is 2.15. The number of carbonyl (C=O) groups is 1. The van der Waals surface area contributed by atoms with Crippen LogP contribution in [0, 0.1) is 5.41 Å². The van der Waals surface area contributed by atoms with Gasteiger partial charge in [0.2, 0.25) is 5.91 Å². The Hall–Kier alpha value is -2.46. The minimum absolute atomic E-state index is 0.0175. The number of allylic oxidation sites excluding steroid dienone is 1.